The molecule has 1 atom stereocenters. The maximum atomic E-state index is 13.0. The van der Waals surface area contributed by atoms with Gasteiger partial charge in [-0.15, -0.1) is 11.3 Å². The zero-order valence-electron chi connectivity index (χ0n) is 16.1. The number of hydrogen-bond donors (Lipinski definition) is 1. The summed E-state index contributed by atoms with van der Waals surface area (Å²) in [5.41, 5.74) is 2.66. The zero-order chi connectivity index (χ0) is 20.8. The summed E-state index contributed by atoms with van der Waals surface area (Å²) in [5, 5.41) is 4.82. The van der Waals surface area contributed by atoms with Crippen molar-refractivity contribution in [2.24, 2.45) is 0 Å². The summed E-state index contributed by atoms with van der Waals surface area (Å²) in [6, 6.07) is 13.4. The summed E-state index contributed by atoms with van der Waals surface area (Å²) in [5.74, 6) is -0.996. The second-order valence-corrected chi connectivity index (χ2v) is 7.46. The van der Waals surface area contributed by atoms with Crippen LogP contribution in [0, 0.1) is 5.82 Å². The van der Waals surface area contributed by atoms with E-state index in [9.17, 15) is 14.0 Å². The van der Waals surface area contributed by atoms with Crippen LogP contribution in [0.2, 0.25) is 0 Å². The molecule has 3 aromatic rings. The number of benzene rings is 2. The summed E-state index contributed by atoms with van der Waals surface area (Å²) in [7, 11) is 0. The van der Waals surface area contributed by atoms with Crippen LogP contribution in [-0.2, 0) is 9.53 Å². The van der Waals surface area contributed by atoms with Gasteiger partial charge < -0.3 is 10.1 Å². The molecule has 0 aliphatic rings. The minimum atomic E-state index is -0.683. The molecule has 0 saturated carbocycles. The molecule has 150 valence electrons. The van der Waals surface area contributed by atoms with Crippen LogP contribution in [0.25, 0.3) is 10.6 Å². The Morgan fingerprint density at radius 2 is 1.83 bits per heavy atom. The van der Waals surface area contributed by atoms with Crippen molar-refractivity contribution in [1.82, 2.24) is 4.98 Å². The predicted octanol–water partition coefficient (Wildman–Crippen LogP) is 5.26. The molecule has 0 bridgehead atoms. The van der Waals surface area contributed by atoms with E-state index in [0.29, 0.717) is 22.2 Å². The van der Waals surface area contributed by atoms with E-state index in [1.807, 2.05) is 24.3 Å². The smallest absolute Gasteiger partial charge is 0.358 e. The third-order valence-electron chi connectivity index (χ3n) is 4.51. The fourth-order valence-corrected chi connectivity index (χ4v) is 3.42. The molecule has 1 amide bonds. The maximum Gasteiger partial charge on any atom is 0.358 e. The topological polar surface area (TPSA) is 68.3 Å². The average molecular weight is 412 g/mol. The van der Waals surface area contributed by atoms with E-state index < -0.39 is 18.5 Å². The van der Waals surface area contributed by atoms with Crippen LogP contribution < -0.4 is 5.32 Å². The van der Waals surface area contributed by atoms with E-state index in [-0.39, 0.29) is 11.5 Å². The van der Waals surface area contributed by atoms with Gasteiger partial charge in [0.05, 0.1) is 0 Å². The van der Waals surface area contributed by atoms with Gasteiger partial charge in [-0.1, -0.05) is 26.0 Å². The van der Waals surface area contributed by atoms with Crippen molar-refractivity contribution in [1.29, 1.82) is 0 Å². The number of nitrogens with zero attached hydrogens (tertiary/aromatic N) is 1. The number of carbonyl (C=O) groups is 2. The highest BCUT2D eigenvalue weighted by Gasteiger charge is 2.15. The fraction of sp³-hybridized carbons (Fsp3) is 0.227. The molecule has 29 heavy (non-hydrogen) atoms. The largest absolute Gasteiger partial charge is 0.451 e. The average Bonchev–Trinajstić information content (AvgIpc) is 3.23. The van der Waals surface area contributed by atoms with Crippen LogP contribution in [0.4, 0.5) is 10.1 Å². The van der Waals surface area contributed by atoms with Crippen LogP contribution in [0.5, 0.6) is 0 Å². The minimum absolute atomic E-state index is 0.111. The van der Waals surface area contributed by atoms with E-state index in [1.165, 1.54) is 29.0 Å². The number of halogens is 1. The van der Waals surface area contributed by atoms with Crippen molar-refractivity contribution < 1.29 is 18.7 Å². The Kier molecular flexibility index (Phi) is 6.72. The van der Waals surface area contributed by atoms with Gasteiger partial charge in [-0.3, -0.25) is 4.79 Å². The molecule has 0 unspecified atom stereocenters. The van der Waals surface area contributed by atoms with E-state index in [0.717, 1.165) is 6.42 Å². The molecule has 0 aliphatic heterocycles. The predicted molar refractivity (Wildman–Crippen MR) is 112 cm³/mol. The van der Waals surface area contributed by atoms with Crippen LogP contribution in [0.1, 0.15) is 42.2 Å². The van der Waals surface area contributed by atoms with Crippen molar-refractivity contribution in [3.05, 3.63) is 71.0 Å². The lowest BCUT2D eigenvalue weighted by molar-refractivity contribution is -0.119. The van der Waals surface area contributed by atoms with Gasteiger partial charge in [-0.2, -0.15) is 0 Å². The number of nitrogens with one attached hydrogen (secondary N) is 1. The SMILES string of the molecule is CC[C@H](C)c1ccc(NC(=O)COC(=O)c2csc(-c3ccc(F)cc3)n2)cc1. The number of ether oxygens (including phenoxy) is 1. The first-order valence-electron chi connectivity index (χ1n) is 9.24. The molecule has 0 fully saturated rings. The van der Waals surface area contributed by atoms with E-state index in [1.54, 1.807) is 17.5 Å². The van der Waals surface area contributed by atoms with Crippen LogP contribution in [0.15, 0.2) is 53.9 Å². The Labute approximate surface area is 172 Å². The highest BCUT2D eigenvalue weighted by molar-refractivity contribution is 7.13. The van der Waals surface area contributed by atoms with Crippen molar-refractivity contribution >= 4 is 28.9 Å². The first-order valence-corrected chi connectivity index (χ1v) is 10.1. The molecule has 1 heterocycles. The normalized spacial score (nSPS) is 11.7. The number of aromatic nitrogens is 1. The molecular weight excluding hydrogens is 391 g/mol. The first kappa shape index (κ1) is 20.7. The number of amides is 1. The molecule has 1 N–H and O–H groups in total. The summed E-state index contributed by atoms with van der Waals surface area (Å²) in [6.45, 7) is 3.86. The van der Waals surface area contributed by atoms with E-state index in [4.69, 9.17) is 4.74 Å². The molecule has 7 heteroatoms. The fourth-order valence-electron chi connectivity index (χ4n) is 2.63. The second kappa shape index (κ2) is 9.43. The molecule has 0 radical (unpaired) electrons. The summed E-state index contributed by atoms with van der Waals surface area (Å²) in [4.78, 5) is 28.4. The number of hydrogen-bond acceptors (Lipinski definition) is 5. The number of anilines is 1. The summed E-state index contributed by atoms with van der Waals surface area (Å²) >= 11 is 1.24. The van der Waals surface area contributed by atoms with E-state index >= 15 is 0 Å². The molecule has 5 nitrogen and oxygen atoms in total. The summed E-state index contributed by atoms with van der Waals surface area (Å²) in [6.07, 6.45) is 1.04. The number of thiazole rings is 1. The molecule has 3 rings (SSSR count). The Balaban J connectivity index is 1.52. The monoisotopic (exact) mass is 412 g/mol. The van der Waals surface area contributed by atoms with Gasteiger partial charge in [0.15, 0.2) is 12.3 Å². The van der Waals surface area contributed by atoms with E-state index in [2.05, 4.69) is 24.1 Å². The van der Waals surface area contributed by atoms with Gasteiger partial charge in [0.25, 0.3) is 5.91 Å². The zero-order valence-corrected chi connectivity index (χ0v) is 17.0. The standard InChI is InChI=1S/C22H21FN2O3S/c1-3-14(2)15-6-10-18(11-7-15)24-20(26)12-28-22(27)19-13-29-21(25-19)16-4-8-17(23)9-5-16/h4-11,13-14H,3,12H2,1-2H3,(H,24,26)/t14-/m0/s1. The Hall–Kier alpha value is -3.06. The molecule has 0 spiro atoms. The minimum Gasteiger partial charge on any atom is -0.451 e. The lowest BCUT2D eigenvalue weighted by Crippen LogP contribution is -2.21. The van der Waals surface area contributed by atoms with Crippen LogP contribution in [0.3, 0.4) is 0 Å². The Morgan fingerprint density at radius 1 is 1.14 bits per heavy atom. The molecular formula is C22H21FN2O3S. The first-order chi connectivity index (χ1) is 14.0. The van der Waals surface area contributed by atoms with Crippen molar-refractivity contribution in [3.63, 3.8) is 0 Å². The number of rotatable bonds is 7. The van der Waals surface area contributed by atoms with Gasteiger partial charge >= 0.3 is 5.97 Å². The molecule has 0 saturated heterocycles. The summed E-state index contributed by atoms with van der Waals surface area (Å²) < 4.78 is 18.1. The maximum absolute atomic E-state index is 13.0. The second-order valence-electron chi connectivity index (χ2n) is 6.60. The highest BCUT2D eigenvalue weighted by atomic mass is 32.1. The molecule has 0 aliphatic carbocycles. The van der Waals surface area contributed by atoms with Gasteiger partial charge in [0.1, 0.15) is 10.8 Å². The van der Waals surface area contributed by atoms with Crippen LogP contribution in [-0.4, -0.2) is 23.5 Å². The van der Waals surface area contributed by atoms with Crippen molar-refractivity contribution in [3.8, 4) is 10.6 Å². The Bertz CT molecular complexity index is 984. The van der Waals surface area contributed by atoms with Crippen molar-refractivity contribution in [2.45, 2.75) is 26.2 Å². The van der Waals surface area contributed by atoms with Gasteiger partial charge in [0, 0.05) is 16.6 Å². The van der Waals surface area contributed by atoms with Crippen LogP contribution >= 0.6 is 11.3 Å². The lowest BCUT2D eigenvalue weighted by Gasteiger charge is -2.10. The number of esters is 1. The van der Waals surface area contributed by atoms with Gasteiger partial charge in [0.2, 0.25) is 0 Å². The molecule has 1 aromatic heterocycles. The van der Waals surface area contributed by atoms with Crippen molar-refractivity contribution in [2.75, 3.05) is 11.9 Å². The van der Waals surface area contributed by atoms with Gasteiger partial charge in [-0.25, -0.2) is 14.2 Å². The quantitative estimate of drug-likeness (QED) is 0.538. The van der Waals surface area contributed by atoms with Gasteiger partial charge in [-0.05, 0) is 54.3 Å². The lowest BCUT2D eigenvalue weighted by atomic mass is 9.99. The third kappa shape index (κ3) is 5.48. The Morgan fingerprint density at radius 3 is 2.48 bits per heavy atom. The number of carbonyl (C=O) groups excluding carboxylic acids is 2. The molecule has 2 aromatic carbocycles. The highest BCUT2D eigenvalue weighted by Crippen LogP contribution is 2.24. The third-order valence-corrected chi connectivity index (χ3v) is 5.41.